The first kappa shape index (κ1) is 13.4. The van der Waals surface area contributed by atoms with E-state index in [0.717, 1.165) is 18.0 Å². The van der Waals surface area contributed by atoms with Gasteiger partial charge in [0.1, 0.15) is 5.82 Å². The van der Waals surface area contributed by atoms with Gasteiger partial charge in [-0.3, -0.25) is 0 Å². The Labute approximate surface area is 118 Å². The van der Waals surface area contributed by atoms with E-state index in [0.29, 0.717) is 0 Å². The maximum Gasteiger partial charge on any atom is 0.109 e. The molecule has 0 amide bonds. The third-order valence-corrected chi connectivity index (χ3v) is 3.61. The topological polar surface area (TPSA) is 17.8 Å². The number of halogens is 2. The minimum absolute atomic E-state index is 0. The standard InChI is InChI=1S/C14H15ClN2.ClH/c15-12-7-5-11(6-8-12)13-10-16-14-4-2-1-3-9-17(13)14;/h5-8,10H,1-4,9H2;1H. The second-order valence-corrected chi connectivity index (χ2v) is 4.97. The molecule has 2 aromatic rings. The first-order valence-electron chi connectivity index (χ1n) is 6.15. The number of hydrogen-bond acceptors (Lipinski definition) is 1. The highest BCUT2D eigenvalue weighted by Crippen LogP contribution is 2.25. The van der Waals surface area contributed by atoms with Gasteiger partial charge < -0.3 is 4.57 Å². The molecule has 0 spiro atoms. The fourth-order valence-corrected chi connectivity index (χ4v) is 2.57. The molecule has 1 aromatic carbocycles. The first-order chi connectivity index (χ1) is 8.34. The quantitative estimate of drug-likeness (QED) is 0.760. The molecule has 2 heterocycles. The van der Waals surface area contributed by atoms with Crippen molar-refractivity contribution in [3.8, 4) is 11.3 Å². The summed E-state index contributed by atoms with van der Waals surface area (Å²) < 4.78 is 2.36. The van der Waals surface area contributed by atoms with Crippen LogP contribution in [-0.4, -0.2) is 9.55 Å². The summed E-state index contributed by atoms with van der Waals surface area (Å²) in [6.45, 7) is 1.09. The minimum atomic E-state index is 0. The Morgan fingerprint density at radius 2 is 1.83 bits per heavy atom. The second-order valence-electron chi connectivity index (χ2n) is 4.53. The molecule has 0 saturated heterocycles. The van der Waals surface area contributed by atoms with E-state index in [1.807, 2.05) is 18.3 Å². The number of aromatic nitrogens is 2. The first-order valence-corrected chi connectivity index (χ1v) is 6.53. The van der Waals surface area contributed by atoms with Crippen molar-refractivity contribution in [1.29, 1.82) is 0 Å². The van der Waals surface area contributed by atoms with Gasteiger partial charge in [-0.1, -0.05) is 30.2 Å². The number of rotatable bonds is 1. The molecule has 0 unspecified atom stereocenters. The van der Waals surface area contributed by atoms with Crippen molar-refractivity contribution in [2.45, 2.75) is 32.2 Å². The zero-order valence-corrected chi connectivity index (χ0v) is 11.7. The normalized spacial score (nSPS) is 14.5. The Hall–Kier alpha value is -0.990. The van der Waals surface area contributed by atoms with Gasteiger partial charge in [0, 0.05) is 18.0 Å². The molecule has 18 heavy (non-hydrogen) atoms. The van der Waals surface area contributed by atoms with Crippen molar-refractivity contribution >= 4 is 24.0 Å². The maximum atomic E-state index is 5.92. The number of fused-ring (bicyclic) bond motifs is 1. The lowest BCUT2D eigenvalue weighted by Gasteiger charge is -2.08. The third-order valence-electron chi connectivity index (χ3n) is 3.36. The van der Waals surface area contributed by atoms with Gasteiger partial charge in [0.25, 0.3) is 0 Å². The van der Waals surface area contributed by atoms with Gasteiger partial charge in [-0.15, -0.1) is 12.4 Å². The summed E-state index contributed by atoms with van der Waals surface area (Å²) in [5.74, 6) is 1.23. The van der Waals surface area contributed by atoms with E-state index in [-0.39, 0.29) is 12.4 Å². The predicted octanol–water partition coefficient (Wildman–Crippen LogP) is 4.35. The number of nitrogens with zero attached hydrogens (tertiary/aromatic N) is 2. The molecule has 4 heteroatoms. The molecule has 0 N–H and O–H groups in total. The van der Waals surface area contributed by atoms with E-state index in [2.05, 4.69) is 21.7 Å². The van der Waals surface area contributed by atoms with Crippen molar-refractivity contribution in [2.24, 2.45) is 0 Å². The van der Waals surface area contributed by atoms with Crippen molar-refractivity contribution in [2.75, 3.05) is 0 Å². The molecule has 0 atom stereocenters. The predicted molar refractivity (Wildman–Crippen MR) is 77.5 cm³/mol. The van der Waals surface area contributed by atoms with Crippen LogP contribution in [-0.2, 0) is 13.0 Å². The fraction of sp³-hybridized carbons (Fsp3) is 0.357. The molecule has 96 valence electrons. The average molecular weight is 283 g/mol. The lowest BCUT2D eigenvalue weighted by atomic mass is 10.1. The Morgan fingerprint density at radius 3 is 2.61 bits per heavy atom. The van der Waals surface area contributed by atoms with Gasteiger partial charge in [-0.25, -0.2) is 4.98 Å². The van der Waals surface area contributed by atoms with Gasteiger partial charge in [0.05, 0.1) is 11.9 Å². The van der Waals surface area contributed by atoms with E-state index in [9.17, 15) is 0 Å². The molecule has 0 aliphatic carbocycles. The zero-order chi connectivity index (χ0) is 11.7. The minimum Gasteiger partial charge on any atom is -0.328 e. The summed E-state index contributed by atoms with van der Waals surface area (Å²) in [7, 11) is 0. The van der Waals surface area contributed by atoms with Crippen LogP contribution in [0.5, 0.6) is 0 Å². The molecule has 0 saturated carbocycles. The number of benzene rings is 1. The van der Waals surface area contributed by atoms with E-state index < -0.39 is 0 Å². The second kappa shape index (κ2) is 5.77. The lowest BCUT2D eigenvalue weighted by molar-refractivity contribution is 0.638. The molecule has 0 bridgehead atoms. The van der Waals surface area contributed by atoms with Crippen LogP contribution in [0.1, 0.15) is 25.1 Å². The summed E-state index contributed by atoms with van der Waals surface area (Å²) in [4.78, 5) is 4.55. The monoisotopic (exact) mass is 282 g/mol. The van der Waals surface area contributed by atoms with Crippen LogP contribution in [0, 0.1) is 0 Å². The van der Waals surface area contributed by atoms with Gasteiger partial charge in [-0.05, 0) is 30.5 Å². The average Bonchev–Trinajstić information content (AvgIpc) is 2.60. The summed E-state index contributed by atoms with van der Waals surface area (Å²) in [5, 5.41) is 0.782. The summed E-state index contributed by atoms with van der Waals surface area (Å²) in [6.07, 6.45) is 6.92. The summed E-state index contributed by atoms with van der Waals surface area (Å²) in [5.41, 5.74) is 2.42. The van der Waals surface area contributed by atoms with E-state index in [1.54, 1.807) is 0 Å². The van der Waals surface area contributed by atoms with Crippen molar-refractivity contribution in [3.63, 3.8) is 0 Å². The highest BCUT2D eigenvalue weighted by molar-refractivity contribution is 6.30. The fourth-order valence-electron chi connectivity index (χ4n) is 2.44. The highest BCUT2D eigenvalue weighted by atomic mass is 35.5. The van der Waals surface area contributed by atoms with Crippen LogP contribution in [0.3, 0.4) is 0 Å². The van der Waals surface area contributed by atoms with Crippen molar-refractivity contribution in [3.05, 3.63) is 41.3 Å². The molecule has 0 fully saturated rings. The molecular weight excluding hydrogens is 267 g/mol. The van der Waals surface area contributed by atoms with Crippen LogP contribution in [0.2, 0.25) is 5.02 Å². The largest absolute Gasteiger partial charge is 0.328 e. The number of imidazole rings is 1. The molecule has 2 nitrogen and oxygen atoms in total. The Bertz CT molecular complexity index is 517. The van der Waals surface area contributed by atoms with E-state index >= 15 is 0 Å². The van der Waals surface area contributed by atoms with Gasteiger partial charge in [0.2, 0.25) is 0 Å². The molecular formula is C14H16Cl2N2. The number of aryl methyl sites for hydroxylation is 1. The molecule has 3 rings (SSSR count). The van der Waals surface area contributed by atoms with Gasteiger partial charge in [-0.2, -0.15) is 0 Å². The highest BCUT2D eigenvalue weighted by Gasteiger charge is 2.13. The van der Waals surface area contributed by atoms with E-state index in [1.165, 1.54) is 36.3 Å². The number of hydrogen-bond donors (Lipinski definition) is 0. The molecule has 1 aliphatic heterocycles. The lowest BCUT2D eigenvalue weighted by Crippen LogP contribution is -2.02. The molecule has 1 aliphatic rings. The Kier molecular flexibility index (Phi) is 4.31. The zero-order valence-electron chi connectivity index (χ0n) is 10.1. The van der Waals surface area contributed by atoms with Crippen LogP contribution < -0.4 is 0 Å². The summed E-state index contributed by atoms with van der Waals surface area (Å²) in [6, 6.07) is 8.01. The Balaban J connectivity index is 0.00000120. The van der Waals surface area contributed by atoms with Crippen LogP contribution in [0.4, 0.5) is 0 Å². The van der Waals surface area contributed by atoms with Crippen LogP contribution in [0.25, 0.3) is 11.3 Å². The van der Waals surface area contributed by atoms with Gasteiger partial charge in [0.15, 0.2) is 0 Å². The van der Waals surface area contributed by atoms with Gasteiger partial charge >= 0.3 is 0 Å². The third kappa shape index (κ3) is 2.55. The van der Waals surface area contributed by atoms with Crippen LogP contribution in [0.15, 0.2) is 30.5 Å². The molecule has 1 aromatic heterocycles. The smallest absolute Gasteiger partial charge is 0.109 e. The molecule has 0 radical (unpaired) electrons. The summed E-state index contributed by atoms with van der Waals surface area (Å²) >= 11 is 5.92. The SMILES string of the molecule is Cl.Clc1ccc(-c2cnc3n2CCCCC3)cc1. The Morgan fingerprint density at radius 1 is 1.06 bits per heavy atom. The van der Waals surface area contributed by atoms with E-state index in [4.69, 9.17) is 11.6 Å². The van der Waals surface area contributed by atoms with Crippen molar-refractivity contribution in [1.82, 2.24) is 9.55 Å². The van der Waals surface area contributed by atoms with Crippen molar-refractivity contribution < 1.29 is 0 Å². The van der Waals surface area contributed by atoms with Crippen LogP contribution >= 0.6 is 24.0 Å². The maximum absolute atomic E-state index is 5.92.